The summed E-state index contributed by atoms with van der Waals surface area (Å²) in [6.45, 7) is 0.215. The fraction of sp³-hybridized carbons (Fsp3) is 0.308. The number of hydrogen-bond donors (Lipinski definition) is 3. The van der Waals surface area contributed by atoms with Crippen LogP contribution >= 0.6 is 0 Å². The molecule has 1 aliphatic heterocycles. The summed E-state index contributed by atoms with van der Waals surface area (Å²) in [4.78, 5) is 34.9. The predicted octanol–water partition coefficient (Wildman–Crippen LogP) is 0.0873. The average Bonchev–Trinajstić information content (AvgIpc) is 2.74. The zero-order valence-electron chi connectivity index (χ0n) is 10.7. The maximum absolute atomic E-state index is 11.4. The summed E-state index contributed by atoms with van der Waals surface area (Å²) in [5, 5.41) is 11.2. The van der Waals surface area contributed by atoms with E-state index in [-0.39, 0.29) is 13.0 Å². The van der Waals surface area contributed by atoms with Gasteiger partial charge in [-0.1, -0.05) is 18.2 Å². The van der Waals surface area contributed by atoms with Crippen LogP contribution in [0.1, 0.15) is 12.0 Å². The SMILES string of the molecule is NC(=O)NC(=O)CCN1c2ccccc2CC1C(=O)O. The highest BCUT2D eigenvalue weighted by molar-refractivity contribution is 5.93. The highest BCUT2D eigenvalue weighted by Crippen LogP contribution is 2.32. The lowest BCUT2D eigenvalue weighted by atomic mass is 10.1. The molecule has 1 aromatic carbocycles. The van der Waals surface area contributed by atoms with Crippen molar-refractivity contribution in [3.63, 3.8) is 0 Å². The summed E-state index contributed by atoms with van der Waals surface area (Å²) in [6.07, 6.45) is 0.407. The van der Waals surface area contributed by atoms with Crippen LogP contribution in [0, 0.1) is 0 Å². The molecule has 1 aliphatic rings. The van der Waals surface area contributed by atoms with Crippen molar-refractivity contribution in [1.29, 1.82) is 0 Å². The van der Waals surface area contributed by atoms with Gasteiger partial charge in [-0.2, -0.15) is 0 Å². The number of urea groups is 1. The molecule has 2 rings (SSSR count). The minimum Gasteiger partial charge on any atom is -0.480 e. The van der Waals surface area contributed by atoms with Crippen LogP contribution in [-0.2, 0) is 16.0 Å². The van der Waals surface area contributed by atoms with Crippen LogP contribution in [0.3, 0.4) is 0 Å². The molecule has 7 heteroatoms. The highest BCUT2D eigenvalue weighted by atomic mass is 16.4. The van der Waals surface area contributed by atoms with Crippen LogP contribution in [0.4, 0.5) is 10.5 Å². The number of nitrogens with two attached hydrogens (primary N) is 1. The lowest BCUT2D eigenvalue weighted by molar-refractivity contribution is -0.138. The van der Waals surface area contributed by atoms with E-state index in [0.717, 1.165) is 11.3 Å². The molecule has 0 spiro atoms. The number of carbonyl (C=O) groups is 3. The molecule has 1 aromatic rings. The monoisotopic (exact) mass is 277 g/mol. The van der Waals surface area contributed by atoms with Gasteiger partial charge in [0.25, 0.3) is 0 Å². The number of primary amides is 1. The molecule has 0 radical (unpaired) electrons. The molecule has 0 aromatic heterocycles. The largest absolute Gasteiger partial charge is 0.480 e. The number of para-hydroxylation sites is 1. The molecule has 106 valence electrons. The van der Waals surface area contributed by atoms with Gasteiger partial charge in [-0.05, 0) is 11.6 Å². The molecular formula is C13H15N3O4. The number of carbonyl (C=O) groups excluding carboxylic acids is 2. The van der Waals surface area contributed by atoms with Gasteiger partial charge in [0.05, 0.1) is 0 Å². The number of carboxylic acids is 1. The van der Waals surface area contributed by atoms with Crippen molar-refractivity contribution < 1.29 is 19.5 Å². The van der Waals surface area contributed by atoms with E-state index in [0.29, 0.717) is 6.42 Å². The summed E-state index contributed by atoms with van der Waals surface area (Å²) >= 11 is 0. The van der Waals surface area contributed by atoms with E-state index in [1.165, 1.54) is 0 Å². The number of hydrogen-bond acceptors (Lipinski definition) is 4. The quantitative estimate of drug-likeness (QED) is 0.721. The van der Waals surface area contributed by atoms with E-state index in [9.17, 15) is 19.5 Å². The zero-order valence-corrected chi connectivity index (χ0v) is 10.7. The highest BCUT2D eigenvalue weighted by Gasteiger charge is 2.34. The molecule has 4 N–H and O–H groups in total. The number of carboxylic acid groups (broad SMARTS) is 1. The number of benzene rings is 1. The molecule has 0 saturated carbocycles. The van der Waals surface area contributed by atoms with E-state index in [4.69, 9.17) is 5.73 Å². The molecule has 1 unspecified atom stereocenters. The Hall–Kier alpha value is -2.57. The second-order valence-electron chi connectivity index (χ2n) is 4.54. The third kappa shape index (κ3) is 2.87. The maximum Gasteiger partial charge on any atom is 0.326 e. The van der Waals surface area contributed by atoms with Gasteiger partial charge in [-0.25, -0.2) is 9.59 Å². The second kappa shape index (κ2) is 5.60. The van der Waals surface area contributed by atoms with Gasteiger partial charge in [-0.3, -0.25) is 10.1 Å². The van der Waals surface area contributed by atoms with E-state index >= 15 is 0 Å². The summed E-state index contributed by atoms with van der Waals surface area (Å²) in [5.74, 6) is -1.46. The van der Waals surface area contributed by atoms with Crippen LogP contribution in [-0.4, -0.2) is 35.6 Å². The van der Waals surface area contributed by atoms with E-state index in [1.807, 2.05) is 29.6 Å². The number of nitrogens with zero attached hydrogens (tertiary/aromatic N) is 1. The summed E-state index contributed by atoms with van der Waals surface area (Å²) in [7, 11) is 0. The van der Waals surface area contributed by atoms with Crippen molar-refractivity contribution in [3.05, 3.63) is 29.8 Å². The minimum absolute atomic E-state index is 0.00105. The molecule has 7 nitrogen and oxygen atoms in total. The second-order valence-corrected chi connectivity index (χ2v) is 4.54. The van der Waals surface area contributed by atoms with E-state index in [2.05, 4.69) is 0 Å². The summed E-state index contributed by atoms with van der Waals surface area (Å²) in [6, 6.07) is 5.76. The molecule has 20 heavy (non-hydrogen) atoms. The smallest absolute Gasteiger partial charge is 0.326 e. The number of imide groups is 1. The van der Waals surface area contributed by atoms with Gasteiger partial charge in [0.15, 0.2) is 0 Å². The van der Waals surface area contributed by atoms with Gasteiger partial charge in [0, 0.05) is 25.1 Å². The fourth-order valence-electron chi connectivity index (χ4n) is 2.37. The third-order valence-corrected chi connectivity index (χ3v) is 3.22. The number of rotatable bonds is 4. The molecule has 0 saturated heterocycles. The standard InChI is InChI=1S/C13H15N3O4/c14-13(20)15-11(17)5-6-16-9-4-2-1-3-8(9)7-10(16)12(18)19/h1-4,10H,5-7H2,(H,18,19)(H3,14,15,17,20). The Morgan fingerprint density at radius 3 is 2.70 bits per heavy atom. The van der Waals surface area contributed by atoms with Crippen molar-refractivity contribution in [2.75, 3.05) is 11.4 Å². The average molecular weight is 277 g/mol. The van der Waals surface area contributed by atoms with Crippen LogP contribution in [0.25, 0.3) is 0 Å². The number of aliphatic carboxylic acids is 1. The normalized spacial score (nSPS) is 16.6. The topological polar surface area (TPSA) is 113 Å². The van der Waals surface area contributed by atoms with Crippen molar-refractivity contribution in [1.82, 2.24) is 5.32 Å². The first-order valence-corrected chi connectivity index (χ1v) is 6.15. The molecule has 0 aliphatic carbocycles. The third-order valence-electron chi connectivity index (χ3n) is 3.22. The molecule has 3 amide bonds. The van der Waals surface area contributed by atoms with E-state index < -0.39 is 23.9 Å². The van der Waals surface area contributed by atoms with Gasteiger partial charge >= 0.3 is 12.0 Å². The molecule has 1 heterocycles. The van der Waals surface area contributed by atoms with Gasteiger partial charge in [0.1, 0.15) is 6.04 Å². The van der Waals surface area contributed by atoms with Gasteiger partial charge in [0.2, 0.25) is 5.91 Å². The van der Waals surface area contributed by atoms with Crippen molar-refractivity contribution in [3.8, 4) is 0 Å². The molecular weight excluding hydrogens is 262 g/mol. The Bertz CT molecular complexity index is 558. The predicted molar refractivity (Wildman–Crippen MR) is 71.3 cm³/mol. The van der Waals surface area contributed by atoms with E-state index in [1.54, 1.807) is 4.90 Å². The molecule has 0 fully saturated rings. The first kappa shape index (κ1) is 13.9. The first-order chi connectivity index (χ1) is 9.49. The Morgan fingerprint density at radius 2 is 2.05 bits per heavy atom. The van der Waals surface area contributed by atoms with Crippen LogP contribution < -0.4 is 16.0 Å². The van der Waals surface area contributed by atoms with Gasteiger partial charge < -0.3 is 15.7 Å². The Balaban J connectivity index is 2.09. The molecule has 1 atom stereocenters. The Kier molecular flexibility index (Phi) is 3.88. The number of fused-ring (bicyclic) bond motifs is 1. The van der Waals surface area contributed by atoms with Crippen LogP contribution in [0.15, 0.2) is 24.3 Å². The number of nitrogens with one attached hydrogen (secondary N) is 1. The summed E-state index contributed by atoms with van der Waals surface area (Å²) in [5.41, 5.74) is 6.60. The maximum atomic E-state index is 11.4. The summed E-state index contributed by atoms with van der Waals surface area (Å²) < 4.78 is 0. The number of anilines is 1. The Labute approximate surface area is 115 Å². The van der Waals surface area contributed by atoms with Crippen LogP contribution in [0.5, 0.6) is 0 Å². The van der Waals surface area contributed by atoms with Crippen molar-refractivity contribution in [2.45, 2.75) is 18.9 Å². The lowest BCUT2D eigenvalue weighted by Gasteiger charge is -2.24. The lowest BCUT2D eigenvalue weighted by Crippen LogP contribution is -2.42. The zero-order chi connectivity index (χ0) is 14.7. The first-order valence-electron chi connectivity index (χ1n) is 6.15. The van der Waals surface area contributed by atoms with Crippen molar-refractivity contribution >= 4 is 23.6 Å². The molecule has 0 bridgehead atoms. The minimum atomic E-state index is -0.934. The van der Waals surface area contributed by atoms with Crippen molar-refractivity contribution in [2.24, 2.45) is 5.73 Å². The number of amides is 3. The Morgan fingerprint density at radius 1 is 1.35 bits per heavy atom. The van der Waals surface area contributed by atoms with Gasteiger partial charge in [-0.15, -0.1) is 0 Å². The fourth-order valence-corrected chi connectivity index (χ4v) is 2.37. The van der Waals surface area contributed by atoms with Crippen LogP contribution in [0.2, 0.25) is 0 Å².